The van der Waals surface area contributed by atoms with Crippen LogP contribution in [0.4, 0.5) is 0 Å². The van der Waals surface area contributed by atoms with Gasteiger partial charge in [-0.15, -0.1) is 11.8 Å². The molecule has 0 spiro atoms. The Balaban J connectivity index is 2.32. The van der Waals surface area contributed by atoms with E-state index in [2.05, 4.69) is 34.3 Å². The molecule has 2 N–H and O–H groups in total. The van der Waals surface area contributed by atoms with Crippen molar-refractivity contribution in [1.29, 1.82) is 0 Å². The van der Waals surface area contributed by atoms with E-state index >= 15 is 0 Å². The summed E-state index contributed by atoms with van der Waals surface area (Å²) in [7, 11) is 0. The lowest BCUT2D eigenvalue weighted by molar-refractivity contribution is -0.119. The van der Waals surface area contributed by atoms with E-state index in [9.17, 15) is 4.79 Å². The van der Waals surface area contributed by atoms with Gasteiger partial charge in [0.2, 0.25) is 5.91 Å². The number of thioether (sulfide) groups is 1. The molecule has 0 aromatic carbocycles. The van der Waals surface area contributed by atoms with Gasteiger partial charge in [-0.25, -0.2) is 4.98 Å². The molecule has 1 amide bonds. The van der Waals surface area contributed by atoms with Gasteiger partial charge in [-0.1, -0.05) is 13.8 Å². The molecule has 1 atom stereocenters. The molecule has 1 heterocycles. The summed E-state index contributed by atoms with van der Waals surface area (Å²) in [5, 5.41) is 9.77. The summed E-state index contributed by atoms with van der Waals surface area (Å²) >= 11 is 1.62. The van der Waals surface area contributed by atoms with Crippen LogP contribution in [0.1, 0.15) is 32.6 Å². The van der Waals surface area contributed by atoms with Crippen molar-refractivity contribution in [3.8, 4) is 0 Å². The van der Waals surface area contributed by atoms with Crippen LogP contribution in [-0.4, -0.2) is 32.1 Å². The Morgan fingerprint density at radius 2 is 2.33 bits per heavy atom. The summed E-state index contributed by atoms with van der Waals surface area (Å²) in [5.74, 6) is 1.19. The van der Waals surface area contributed by atoms with Gasteiger partial charge in [-0.2, -0.15) is 5.10 Å². The van der Waals surface area contributed by atoms with Gasteiger partial charge >= 0.3 is 0 Å². The van der Waals surface area contributed by atoms with Crippen LogP contribution in [0.25, 0.3) is 0 Å². The van der Waals surface area contributed by atoms with E-state index in [0.717, 1.165) is 0 Å². The number of aromatic amines is 1. The van der Waals surface area contributed by atoms with Gasteiger partial charge in [-0.3, -0.25) is 9.89 Å². The van der Waals surface area contributed by atoms with Crippen LogP contribution in [0.15, 0.2) is 6.33 Å². The zero-order valence-corrected chi connectivity index (χ0v) is 9.97. The summed E-state index contributed by atoms with van der Waals surface area (Å²) in [5.41, 5.74) is 0. The van der Waals surface area contributed by atoms with E-state index in [1.54, 1.807) is 11.8 Å². The third-order valence-electron chi connectivity index (χ3n) is 1.77. The SMILES string of the molecule is CC(C)SCC(=O)NC(C)c1ncn[nH]1. The number of aromatic nitrogens is 3. The second-order valence-electron chi connectivity index (χ2n) is 3.52. The van der Waals surface area contributed by atoms with Gasteiger partial charge in [0.05, 0.1) is 11.8 Å². The number of H-pyrrole nitrogens is 1. The molecule has 0 radical (unpaired) electrons. The first-order chi connectivity index (χ1) is 7.09. The van der Waals surface area contributed by atoms with Crippen LogP contribution in [-0.2, 0) is 4.79 Å². The van der Waals surface area contributed by atoms with Gasteiger partial charge in [0, 0.05) is 0 Å². The Labute approximate surface area is 93.4 Å². The standard InChI is InChI=1S/C9H16N4OS/c1-6(2)15-4-8(14)12-7(3)9-10-5-11-13-9/h5-7H,4H2,1-3H3,(H,12,14)(H,10,11,13). The van der Waals surface area contributed by atoms with Crippen molar-refractivity contribution in [1.82, 2.24) is 20.5 Å². The zero-order valence-electron chi connectivity index (χ0n) is 9.15. The number of nitrogens with one attached hydrogen (secondary N) is 2. The minimum Gasteiger partial charge on any atom is -0.346 e. The molecule has 0 aliphatic rings. The van der Waals surface area contributed by atoms with Crippen molar-refractivity contribution < 1.29 is 4.79 Å². The van der Waals surface area contributed by atoms with Gasteiger partial charge in [-0.05, 0) is 12.2 Å². The van der Waals surface area contributed by atoms with Crippen LogP contribution in [0.3, 0.4) is 0 Å². The van der Waals surface area contributed by atoms with Crippen molar-refractivity contribution in [2.75, 3.05) is 5.75 Å². The molecule has 0 aliphatic heterocycles. The smallest absolute Gasteiger partial charge is 0.230 e. The molecule has 0 fully saturated rings. The average molecular weight is 228 g/mol. The first kappa shape index (κ1) is 12.0. The number of hydrogen-bond acceptors (Lipinski definition) is 4. The maximum absolute atomic E-state index is 11.5. The molecule has 5 nitrogen and oxygen atoms in total. The lowest BCUT2D eigenvalue weighted by atomic mass is 10.3. The largest absolute Gasteiger partial charge is 0.346 e. The van der Waals surface area contributed by atoms with Crippen LogP contribution in [0.5, 0.6) is 0 Å². The zero-order chi connectivity index (χ0) is 11.3. The fraction of sp³-hybridized carbons (Fsp3) is 0.667. The average Bonchev–Trinajstić information content (AvgIpc) is 2.67. The van der Waals surface area contributed by atoms with E-state index < -0.39 is 0 Å². The topological polar surface area (TPSA) is 70.7 Å². The molecule has 15 heavy (non-hydrogen) atoms. The minimum absolute atomic E-state index is 0.0256. The van der Waals surface area contributed by atoms with Gasteiger partial charge < -0.3 is 5.32 Å². The summed E-state index contributed by atoms with van der Waals surface area (Å²) < 4.78 is 0. The van der Waals surface area contributed by atoms with E-state index in [4.69, 9.17) is 0 Å². The van der Waals surface area contributed by atoms with Crippen LogP contribution in [0, 0.1) is 0 Å². The van der Waals surface area contributed by atoms with E-state index in [0.29, 0.717) is 16.8 Å². The predicted octanol–water partition coefficient (Wildman–Crippen LogP) is 1.12. The molecule has 1 aromatic rings. The van der Waals surface area contributed by atoms with Gasteiger partial charge in [0.1, 0.15) is 12.2 Å². The van der Waals surface area contributed by atoms with Crippen LogP contribution in [0.2, 0.25) is 0 Å². The van der Waals surface area contributed by atoms with Crippen molar-refractivity contribution in [2.45, 2.75) is 32.1 Å². The second-order valence-corrected chi connectivity index (χ2v) is 5.08. The molecule has 84 valence electrons. The third kappa shape index (κ3) is 4.33. The Kier molecular flexibility index (Phi) is 4.61. The molecule has 6 heteroatoms. The molecule has 1 aromatic heterocycles. The lowest BCUT2D eigenvalue weighted by Crippen LogP contribution is -2.29. The van der Waals surface area contributed by atoms with Crippen molar-refractivity contribution >= 4 is 17.7 Å². The Morgan fingerprint density at radius 3 is 2.87 bits per heavy atom. The molecule has 1 rings (SSSR count). The summed E-state index contributed by atoms with van der Waals surface area (Å²) in [6, 6.07) is -0.118. The van der Waals surface area contributed by atoms with E-state index in [1.807, 2.05) is 6.92 Å². The third-order valence-corrected chi connectivity index (χ3v) is 2.86. The van der Waals surface area contributed by atoms with E-state index in [-0.39, 0.29) is 11.9 Å². The lowest BCUT2D eigenvalue weighted by Gasteiger charge is -2.11. The fourth-order valence-corrected chi connectivity index (χ4v) is 1.59. The normalized spacial score (nSPS) is 12.8. The highest BCUT2D eigenvalue weighted by molar-refractivity contribution is 8.00. The highest BCUT2D eigenvalue weighted by atomic mass is 32.2. The summed E-state index contributed by atoms with van der Waals surface area (Å²) in [4.78, 5) is 15.4. The van der Waals surface area contributed by atoms with Gasteiger partial charge in [0.25, 0.3) is 0 Å². The molecular formula is C9H16N4OS. The first-order valence-electron chi connectivity index (χ1n) is 4.86. The molecule has 1 unspecified atom stereocenters. The first-order valence-corrected chi connectivity index (χ1v) is 5.90. The summed E-state index contributed by atoms with van der Waals surface area (Å²) in [6.45, 7) is 6.01. The summed E-state index contributed by atoms with van der Waals surface area (Å²) in [6.07, 6.45) is 1.43. The number of rotatable bonds is 5. The fourth-order valence-electron chi connectivity index (χ4n) is 1.02. The van der Waals surface area contributed by atoms with Crippen LogP contribution < -0.4 is 5.32 Å². The van der Waals surface area contributed by atoms with Crippen molar-refractivity contribution in [3.05, 3.63) is 12.2 Å². The molecular weight excluding hydrogens is 212 g/mol. The number of carbonyl (C=O) groups excluding carboxylic acids is 1. The Morgan fingerprint density at radius 1 is 1.60 bits per heavy atom. The molecule has 0 bridgehead atoms. The Hall–Kier alpha value is -1.04. The minimum atomic E-state index is -0.118. The van der Waals surface area contributed by atoms with Gasteiger partial charge in [0.15, 0.2) is 0 Å². The molecule has 0 saturated carbocycles. The number of amides is 1. The molecule has 0 aliphatic carbocycles. The number of carbonyl (C=O) groups is 1. The van der Waals surface area contributed by atoms with Crippen molar-refractivity contribution in [2.24, 2.45) is 0 Å². The monoisotopic (exact) mass is 228 g/mol. The molecule has 0 saturated heterocycles. The highest BCUT2D eigenvalue weighted by Gasteiger charge is 2.11. The maximum atomic E-state index is 11.5. The maximum Gasteiger partial charge on any atom is 0.230 e. The number of nitrogens with zero attached hydrogens (tertiary/aromatic N) is 2. The van der Waals surface area contributed by atoms with Crippen LogP contribution >= 0.6 is 11.8 Å². The second kappa shape index (κ2) is 5.75. The van der Waals surface area contributed by atoms with E-state index in [1.165, 1.54) is 6.33 Å². The Bertz CT molecular complexity index is 299. The van der Waals surface area contributed by atoms with Crippen molar-refractivity contribution in [3.63, 3.8) is 0 Å². The highest BCUT2D eigenvalue weighted by Crippen LogP contribution is 2.09. The predicted molar refractivity (Wildman–Crippen MR) is 60.5 cm³/mol. The quantitative estimate of drug-likeness (QED) is 0.792. The number of hydrogen-bond donors (Lipinski definition) is 2.